The molecule has 0 heterocycles. The summed E-state index contributed by atoms with van der Waals surface area (Å²) in [6.07, 6.45) is 6.36. The predicted molar refractivity (Wildman–Crippen MR) is 91.3 cm³/mol. The fraction of sp³-hybridized carbons (Fsp3) is 0.647. The molecule has 1 saturated carbocycles. The SMILES string of the molecule is CCCNC(c1ccc(F)cc1I)C1CCC(C)CC1. The predicted octanol–water partition coefficient (Wildman–Crippen LogP) is 5.30. The first-order valence-corrected chi connectivity index (χ1v) is 8.88. The molecule has 0 amide bonds. The summed E-state index contributed by atoms with van der Waals surface area (Å²) in [5.41, 5.74) is 1.28. The summed E-state index contributed by atoms with van der Waals surface area (Å²) in [5.74, 6) is 1.42. The van der Waals surface area contributed by atoms with E-state index in [9.17, 15) is 4.39 Å². The van der Waals surface area contributed by atoms with Gasteiger partial charge in [0.25, 0.3) is 0 Å². The van der Waals surface area contributed by atoms with Crippen LogP contribution in [0, 0.1) is 21.2 Å². The highest BCUT2D eigenvalue weighted by molar-refractivity contribution is 14.1. The number of rotatable bonds is 5. The molecule has 1 N–H and O–H groups in total. The summed E-state index contributed by atoms with van der Waals surface area (Å²) in [4.78, 5) is 0. The van der Waals surface area contributed by atoms with Gasteiger partial charge in [-0.15, -0.1) is 0 Å². The van der Waals surface area contributed by atoms with E-state index in [0.717, 1.165) is 22.5 Å². The number of hydrogen-bond donors (Lipinski definition) is 1. The van der Waals surface area contributed by atoms with Gasteiger partial charge in [0.2, 0.25) is 0 Å². The quantitative estimate of drug-likeness (QED) is 0.675. The van der Waals surface area contributed by atoms with Crippen LogP contribution in [0.15, 0.2) is 18.2 Å². The number of benzene rings is 1. The summed E-state index contributed by atoms with van der Waals surface area (Å²) in [6.45, 7) is 5.58. The van der Waals surface area contributed by atoms with Crippen molar-refractivity contribution in [2.75, 3.05) is 6.54 Å². The molecule has 1 fully saturated rings. The van der Waals surface area contributed by atoms with Crippen LogP contribution in [0.25, 0.3) is 0 Å². The van der Waals surface area contributed by atoms with Crippen molar-refractivity contribution >= 4 is 22.6 Å². The molecule has 112 valence electrons. The van der Waals surface area contributed by atoms with Gasteiger partial charge in [-0.25, -0.2) is 4.39 Å². The maximum Gasteiger partial charge on any atom is 0.124 e. The zero-order valence-corrected chi connectivity index (χ0v) is 14.6. The molecule has 1 atom stereocenters. The van der Waals surface area contributed by atoms with Crippen LogP contribution >= 0.6 is 22.6 Å². The molecule has 1 aromatic carbocycles. The standard InChI is InChI=1S/C17H25FIN/c1-3-10-20-17(13-6-4-12(2)5-7-13)15-9-8-14(18)11-16(15)19/h8-9,11-13,17,20H,3-7,10H2,1-2H3. The third-order valence-corrected chi connectivity index (χ3v) is 5.38. The van der Waals surface area contributed by atoms with Crippen molar-refractivity contribution in [1.29, 1.82) is 0 Å². The van der Waals surface area contributed by atoms with Gasteiger partial charge in [-0.1, -0.05) is 32.8 Å². The van der Waals surface area contributed by atoms with Gasteiger partial charge < -0.3 is 5.32 Å². The van der Waals surface area contributed by atoms with Gasteiger partial charge in [0.1, 0.15) is 5.82 Å². The Morgan fingerprint density at radius 1 is 1.30 bits per heavy atom. The second-order valence-electron chi connectivity index (χ2n) is 6.12. The molecule has 0 aliphatic heterocycles. The lowest BCUT2D eigenvalue weighted by Gasteiger charge is -2.34. The van der Waals surface area contributed by atoms with Crippen molar-refractivity contribution in [3.05, 3.63) is 33.1 Å². The molecular weight excluding hydrogens is 364 g/mol. The fourth-order valence-corrected chi connectivity index (χ4v) is 4.02. The maximum atomic E-state index is 13.3. The molecule has 0 saturated heterocycles. The van der Waals surface area contributed by atoms with Crippen LogP contribution in [0.2, 0.25) is 0 Å². The van der Waals surface area contributed by atoms with Crippen LogP contribution in [0.4, 0.5) is 4.39 Å². The zero-order valence-electron chi connectivity index (χ0n) is 12.5. The Hall–Kier alpha value is -0.160. The van der Waals surface area contributed by atoms with Crippen LogP contribution in [-0.4, -0.2) is 6.54 Å². The molecule has 1 aliphatic rings. The first kappa shape index (κ1) is 16.2. The highest BCUT2D eigenvalue weighted by Crippen LogP contribution is 2.38. The molecule has 0 spiro atoms. The van der Waals surface area contributed by atoms with Crippen LogP contribution in [0.1, 0.15) is 57.6 Å². The van der Waals surface area contributed by atoms with E-state index >= 15 is 0 Å². The Kier molecular flexibility index (Phi) is 6.27. The lowest BCUT2D eigenvalue weighted by Crippen LogP contribution is -2.32. The molecule has 0 bridgehead atoms. The third kappa shape index (κ3) is 4.17. The summed E-state index contributed by atoms with van der Waals surface area (Å²) < 4.78 is 14.4. The average molecular weight is 389 g/mol. The summed E-state index contributed by atoms with van der Waals surface area (Å²) in [5, 5.41) is 3.70. The summed E-state index contributed by atoms with van der Waals surface area (Å²) in [6, 6.07) is 5.61. The lowest BCUT2D eigenvalue weighted by molar-refractivity contribution is 0.231. The second-order valence-corrected chi connectivity index (χ2v) is 7.28. The lowest BCUT2D eigenvalue weighted by atomic mass is 9.77. The van der Waals surface area contributed by atoms with E-state index < -0.39 is 0 Å². The Morgan fingerprint density at radius 3 is 2.60 bits per heavy atom. The zero-order chi connectivity index (χ0) is 14.5. The van der Waals surface area contributed by atoms with Gasteiger partial charge in [-0.3, -0.25) is 0 Å². The minimum atomic E-state index is -0.135. The van der Waals surface area contributed by atoms with E-state index in [1.54, 1.807) is 12.1 Å². The van der Waals surface area contributed by atoms with Gasteiger partial charge in [-0.05, 0) is 77.9 Å². The molecule has 20 heavy (non-hydrogen) atoms. The third-order valence-electron chi connectivity index (χ3n) is 4.44. The van der Waals surface area contributed by atoms with Gasteiger partial charge in [-0.2, -0.15) is 0 Å². The Bertz CT molecular complexity index is 427. The van der Waals surface area contributed by atoms with E-state index in [1.807, 2.05) is 6.07 Å². The Morgan fingerprint density at radius 2 is 2.00 bits per heavy atom. The summed E-state index contributed by atoms with van der Waals surface area (Å²) >= 11 is 2.27. The fourth-order valence-electron chi connectivity index (χ4n) is 3.20. The molecular formula is C17H25FIN. The number of nitrogens with one attached hydrogen (secondary N) is 1. The summed E-state index contributed by atoms with van der Waals surface area (Å²) in [7, 11) is 0. The molecule has 1 nitrogen and oxygen atoms in total. The largest absolute Gasteiger partial charge is 0.310 e. The van der Waals surface area contributed by atoms with Crippen LogP contribution < -0.4 is 5.32 Å². The smallest absolute Gasteiger partial charge is 0.124 e. The van der Waals surface area contributed by atoms with Crippen molar-refractivity contribution in [2.45, 2.75) is 52.0 Å². The minimum absolute atomic E-state index is 0.135. The van der Waals surface area contributed by atoms with Crippen molar-refractivity contribution < 1.29 is 4.39 Å². The van der Waals surface area contributed by atoms with Gasteiger partial charge >= 0.3 is 0 Å². The first-order chi connectivity index (χ1) is 9.61. The monoisotopic (exact) mass is 389 g/mol. The van der Waals surface area contributed by atoms with E-state index in [-0.39, 0.29) is 5.82 Å². The Balaban J connectivity index is 2.17. The van der Waals surface area contributed by atoms with Crippen molar-refractivity contribution in [3.8, 4) is 0 Å². The highest BCUT2D eigenvalue weighted by atomic mass is 127. The Labute approximate surface area is 135 Å². The van der Waals surface area contributed by atoms with Crippen molar-refractivity contribution in [2.24, 2.45) is 11.8 Å². The van der Waals surface area contributed by atoms with Crippen LogP contribution in [0.3, 0.4) is 0 Å². The molecule has 2 rings (SSSR count). The molecule has 1 unspecified atom stereocenters. The molecule has 1 aliphatic carbocycles. The molecule has 3 heteroatoms. The van der Waals surface area contributed by atoms with E-state index in [2.05, 4.69) is 41.8 Å². The topological polar surface area (TPSA) is 12.0 Å². The molecule has 0 aromatic heterocycles. The van der Waals surface area contributed by atoms with Crippen LogP contribution in [-0.2, 0) is 0 Å². The van der Waals surface area contributed by atoms with Crippen molar-refractivity contribution in [1.82, 2.24) is 5.32 Å². The van der Waals surface area contributed by atoms with E-state index in [1.165, 1.54) is 31.2 Å². The van der Waals surface area contributed by atoms with E-state index in [0.29, 0.717) is 12.0 Å². The van der Waals surface area contributed by atoms with Gasteiger partial charge in [0.05, 0.1) is 0 Å². The average Bonchev–Trinajstić information content (AvgIpc) is 2.42. The van der Waals surface area contributed by atoms with E-state index in [4.69, 9.17) is 0 Å². The highest BCUT2D eigenvalue weighted by Gasteiger charge is 2.28. The van der Waals surface area contributed by atoms with Crippen LogP contribution in [0.5, 0.6) is 0 Å². The van der Waals surface area contributed by atoms with Gasteiger partial charge in [0.15, 0.2) is 0 Å². The van der Waals surface area contributed by atoms with Gasteiger partial charge in [0, 0.05) is 9.61 Å². The van der Waals surface area contributed by atoms with Crippen molar-refractivity contribution in [3.63, 3.8) is 0 Å². The molecule has 0 radical (unpaired) electrons. The number of hydrogen-bond acceptors (Lipinski definition) is 1. The first-order valence-electron chi connectivity index (χ1n) is 7.80. The second kappa shape index (κ2) is 7.74. The maximum absolute atomic E-state index is 13.3. The number of halogens is 2. The molecule has 1 aromatic rings. The minimum Gasteiger partial charge on any atom is -0.310 e. The normalized spacial score (nSPS) is 24.6.